The van der Waals surface area contributed by atoms with Crippen molar-refractivity contribution in [3.05, 3.63) is 29.8 Å². The standard InChI is InChI=1S/C7H6N2S.K.H/c1-2-4-7-6(3-1)5-8-9-10-7;;/h1-5,9H;;/q;+1;-1. The van der Waals surface area contributed by atoms with Gasteiger partial charge >= 0.3 is 51.4 Å². The van der Waals surface area contributed by atoms with Crippen LogP contribution >= 0.6 is 11.9 Å². The molecule has 0 radical (unpaired) electrons. The van der Waals surface area contributed by atoms with Crippen LogP contribution in [0.3, 0.4) is 0 Å². The van der Waals surface area contributed by atoms with E-state index in [0.717, 1.165) is 0 Å². The minimum atomic E-state index is 0. The summed E-state index contributed by atoms with van der Waals surface area (Å²) in [5.41, 5.74) is 1.19. The molecular formula is C7H7KN2S. The molecule has 1 aliphatic heterocycles. The van der Waals surface area contributed by atoms with Gasteiger partial charge in [0, 0.05) is 22.4 Å². The van der Waals surface area contributed by atoms with E-state index in [4.69, 9.17) is 0 Å². The number of fused-ring (bicyclic) bond motifs is 1. The van der Waals surface area contributed by atoms with Crippen molar-refractivity contribution in [1.82, 2.24) is 4.83 Å². The van der Waals surface area contributed by atoms with Crippen LogP contribution in [-0.2, 0) is 0 Å². The molecule has 0 aromatic heterocycles. The van der Waals surface area contributed by atoms with Crippen LogP contribution in [0.15, 0.2) is 34.3 Å². The van der Waals surface area contributed by atoms with Gasteiger partial charge < -0.3 is 1.43 Å². The Bertz CT molecular complexity index is 280. The van der Waals surface area contributed by atoms with Gasteiger partial charge in [-0.2, -0.15) is 5.10 Å². The summed E-state index contributed by atoms with van der Waals surface area (Å²) in [6.45, 7) is 0. The largest absolute Gasteiger partial charge is 1.00 e. The Labute approximate surface area is 114 Å². The smallest absolute Gasteiger partial charge is 1.00 e. The molecule has 0 saturated heterocycles. The van der Waals surface area contributed by atoms with Crippen molar-refractivity contribution in [1.29, 1.82) is 0 Å². The minimum absolute atomic E-state index is 0. The molecule has 0 aliphatic carbocycles. The van der Waals surface area contributed by atoms with E-state index >= 15 is 0 Å². The molecule has 0 atom stereocenters. The second kappa shape index (κ2) is 4.64. The zero-order valence-electron chi connectivity index (χ0n) is 7.24. The van der Waals surface area contributed by atoms with E-state index in [1.54, 1.807) is 11.9 Å². The monoisotopic (exact) mass is 190 g/mol. The van der Waals surface area contributed by atoms with Gasteiger partial charge in [-0.05, 0) is 6.07 Å². The van der Waals surface area contributed by atoms with E-state index < -0.39 is 0 Å². The summed E-state index contributed by atoms with van der Waals surface area (Å²) < 4.78 is 0. The van der Waals surface area contributed by atoms with Gasteiger partial charge in [-0.25, -0.2) is 4.83 Å². The van der Waals surface area contributed by atoms with E-state index in [1.165, 1.54) is 10.5 Å². The SMILES string of the molecule is C1=NNSc2ccccc21.[H-].[K+]. The van der Waals surface area contributed by atoms with Crippen LogP contribution in [0.25, 0.3) is 0 Å². The molecule has 1 N–H and O–H groups in total. The quantitative estimate of drug-likeness (QED) is 0.408. The molecule has 1 aromatic carbocycles. The van der Waals surface area contributed by atoms with Crippen LogP contribution < -0.4 is 56.2 Å². The van der Waals surface area contributed by atoms with Crippen molar-refractivity contribution in [3.8, 4) is 0 Å². The van der Waals surface area contributed by atoms with Crippen molar-refractivity contribution in [3.63, 3.8) is 0 Å². The third kappa shape index (κ3) is 2.30. The van der Waals surface area contributed by atoms with Crippen LogP contribution in [0, 0.1) is 0 Å². The average Bonchev–Trinajstić information content (AvgIpc) is 2.05. The fourth-order valence-corrected chi connectivity index (χ4v) is 1.44. The summed E-state index contributed by atoms with van der Waals surface area (Å²) in [5.74, 6) is 0. The molecule has 52 valence electrons. The predicted octanol–water partition coefficient (Wildman–Crippen LogP) is -1.25. The van der Waals surface area contributed by atoms with Crippen molar-refractivity contribution in [2.75, 3.05) is 0 Å². The van der Waals surface area contributed by atoms with Crippen LogP contribution in [0.1, 0.15) is 6.99 Å². The first-order valence-electron chi connectivity index (χ1n) is 3.01. The third-order valence-electron chi connectivity index (χ3n) is 1.33. The predicted molar refractivity (Wildman–Crippen MR) is 44.1 cm³/mol. The molecule has 1 heterocycles. The molecule has 2 rings (SSSR count). The number of rotatable bonds is 0. The minimum Gasteiger partial charge on any atom is -1.00 e. The number of hydrogen-bond donors (Lipinski definition) is 1. The number of benzene rings is 1. The van der Waals surface area contributed by atoms with Crippen molar-refractivity contribution in [2.45, 2.75) is 4.90 Å². The molecule has 0 saturated carbocycles. The maximum atomic E-state index is 3.91. The fourth-order valence-electron chi connectivity index (χ4n) is 0.852. The van der Waals surface area contributed by atoms with Crippen molar-refractivity contribution < 1.29 is 52.8 Å². The van der Waals surface area contributed by atoms with E-state index in [2.05, 4.69) is 16.0 Å². The molecular weight excluding hydrogens is 183 g/mol. The van der Waals surface area contributed by atoms with Crippen molar-refractivity contribution >= 4 is 18.2 Å². The third-order valence-corrected chi connectivity index (χ3v) is 2.12. The first-order chi connectivity index (χ1) is 4.97. The molecule has 0 spiro atoms. The van der Waals surface area contributed by atoms with Gasteiger partial charge in [-0.15, -0.1) is 0 Å². The summed E-state index contributed by atoms with van der Waals surface area (Å²) in [6.07, 6.45) is 1.83. The Hall–Kier alpha value is 0.676. The number of hydrogen-bond acceptors (Lipinski definition) is 3. The van der Waals surface area contributed by atoms with Crippen LogP contribution in [-0.4, -0.2) is 6.21 Å². The Balaban J connectivity index is 0.000000605. The van der Waals surface area contributed by atoms with E-state index in [0.29, 0.717) is 0 Å². The number of hydrazone groups is 1. The molecule has 2 nitrogen and oxygen atoms in total. The average molecular weight is 190 g/mol. The number of nitrogens with one attached hydrogen (secondary N) is 1. The normalized spacial score (nSPS) is 12.7. The first kappa shape index (κ1) is 9.76. The Morgan fingerprint density at radius 1 is 1.36 bits per heavy atom. The Morgan fingerprint density at radius 3 is 3.00 bits per heavy atom. The molecule has 11 heavy (non-hydrogen) atoms. The molecule has 1 aromatic rings. The summed E-state index contributed by atoms with van der Waals surface area (Å²) in [7, 11) is 0. The van der Waals surface area contributed by atoms with Gasteiger partial charge in [-0.1, -0.05) is 18.2 Å². The van der Waals surface area contributed by atoms with Crippen molar-refractivity contribution in [2.24, 2.45) is 5.10 Å². The van der Waals surface area contributed by atoms with Gasteiger partial charge in [0.15, 0.2) is 0 Å². The van der Waals surface area contributed by atoms with Gasteiger partial charge in [0.1, 0.15) is 0 Å². The van der Waals surface area contributed by atoms with Crippen LogP contribution in [0.4, 0.5) is 0 Å². The Kier molecular flexibility index (Phi) is 4.12. The van der Waals surface area contributed by atoms with Gasteiger partial charge in [0.25, 0.3) is 0 Å². The summed E-state index contributed by atoms with van der Waals surface area (Å²) in [5, 5.41) is 3.91. The Morgan fingerprint density at radius 2 is 2.18 bits per heavy atom. The zero-order chi connectivity index (χ0) is 6.81. The molecule has 1 aliphatic rings. The molecule has 0 fully saturated rings. The van der Waals surface area contributed by atoms with Crippen LogP contribution in [0.2, 0.25) is 0 Å². The summed E-state index contributed by atoms with van der Waals surface area (Å²) >= 11 is 1.54. The van der Waals surface area contributed by atoms with E-state index in [9.17, 15) is 0 Å². The second-order valence-corrected chi connectivity index (χ2v) is 2.82. The first-order valence-corrected chi connectivity index (χ1v) is 3.82. The van der Waals surface area contributed by atoms with Gasteiger partial charge in [0.05, 0.1) is 6.21 Å². The zero-order valence-corrected chi connectivity index (χ0v) is 10.2. The second-order valence-electron chi connectivity index (χ2n) is 1.99. The molecule has 0 unspecified atom stereocenters. The number of nitrogens with zero attached hydrogens (tertiary/aromatic N) is 1. The molecule has 0 bridgehead atoms. The van der Waals surface area contributed by atoms with Gasteiger partial charge in [-0.3, -0.25) is 0 Å². The summed E-state index contributed by atoms with van der Waals surface area (Å²) in [4.78, 5) is 4.06. The topological polar surface area (TPSA) is 24.4 Å². The van der Waals surface area contributed by atoms with E-state index in [1.807, 2.05) is 24.4 Å². The maximum Gasteiger partial charge on any atom is 1.00 e. The fraction of sp³-hybridized carbons (Fsp3) is 0. The molecule has 0 amide bonds. The van der Waals surface area contributed by atoms with Crippen LogP contribution in [0.5, 0.6) is 0 Å². The maximum absolute atomic E-state index is 3.91. The summed E-state index contributed by atoms with van der Waals surface area (Å²) in [6, 6.07) is 8.15. The van der Waals surface area contributed by atoms with E-state index in [-0.39, 0.29) is 52.8 Å². The molecule has 4 heteroatoms. The van der Waals surface area contributed by atoms with Gasteiger partial charge in [0.2, 0.25) is 0 Å².